The second kappa shape index (κ2) is 9.03. The van der Waals surface area contributed by atoms with Crippen LogP contribution in [-0.2, 0) is 4.79 Å². The van der Waals surface area contributed by atoms with E-state index >= 15 is 0 Å². The average molecular weight is 470 g/mol. The standard InChI is InChI=1S/C27H20FN3O2S/c1-17-23(25(32)30-20-13-6-3-7-14-20)24(18-10-4-2-5-11-18)31-26(33)22(34-27(31)29-17)16-19-12-8-9-15-21(19)28/h2-16,24H,1H3,(H,30,32). The maximum absolute atomic E-state index is 14.2. The van der Waals surface area contributed by atoms with Gasteiger partial charge in [0.2, 0.25) is 0 Å². The molecule has 1 aliphatic heterocycles. The summed E-state index contributed by atoms with van der Waals surface area (Å²) in [6, 6.07) is 24.1. The van der Waals surface area contributed by atoms with E-state index in [0.29, 0.717) is 31.9 Å². The van der Waals surface area contributed by atoms with Crippen LogP contribution in [0.4, 0.5) is 10.1 Å². The zero-order chi connectivity index (χ0) is 23.7. The predicted molar refractivity (Wildman–Crippen MR) is 132 cm³/mol. The lowest BCUT2D eigenvalue weighted by atomic mass is 9.95. The second-order valence-electron chi connectivity index (χ2n) is 7.83. The number of hydrogen-bond donors (Lipinski definition) is 1. The SMILES string of the molecule is CC1=C(C(=O)Nc2ccccc2)C(c2ccccc2)n2c(sc(=Cc3ccccc3F)c2=O)=N1. The molecule has 1 aliphatic rings. The first-order chi connectivity index (χ1) is 16.5. The highest BCUT2D eigenvalue weighted by molar-refractivity contribution is 7.07. The zero-order valence-electron chi connectivity index (χ0n) is 18.2. The van der Waals surface area contributed by atoms with Crippen molar-refractivity contribution < 1.29 is 9.18 Å². The average Bonchev–Trinajstić information content (AvgIpc) is 3.15. The lowest BCUT2D eigenvalue weighted by molar-refractivity contribution is -0.113. The lowest BCUT2D eigenvalue weighted by Crippen LogP contribution is -2.40. The van der Waals surface area contributed by atoms with Crippen molar-refractivity contribution in [3.05, 3.63) is 133 Å². The molecular formula is C27H20FN3O2S. The predicted octanol–water partition coefficient (Wildman–Crippen LogP) is 4.01. The Kier molecular flexibility index (Phi) is 5.77. The summed E-state index contributed by atoms with van der Waals surface area (Å²) in [6.45, 7) is 1.77. The number of thiazole rings is 1. The number of anilines is 1. The fraction of sp³-hybridized carbons (Fsp3) is 0.0741. The minimum atomic E-state index is -0.663. The van der Waals surface area contributed by atoms with Crippen LogP contribution in [-0.4, -0.2) is 10.5 Å². The Bertz CT molecular complexity index is 1590. The molecular weight excluding hydrogens is 449 g/mol. The molecule has 0 radical (unpaired) electrons. The molecule has 4 aromatic rings. The van der Waals surface area contributed by atoms with Crippen LogP contribution < -0.4 is 20.2 Å². The van der Waals surface area contributed by atoms with Crippen molar-refractivity contribution in [2.24, 2.45) is 4.99 Å². The van der Waals surface area contributed by atoms with Gasteiger partial charge in [0, 0.05) is 11.3 Å². The summed E-state index contributed by atoms with van der Waals surface area (Å²) in [7, 11) is 0. The van der Waals surface area contributed by atoms with Crippen LogP contribution in [0.1, 0.15) is 24.1 Å². The van der Waals surface area contributed by atoms with Crippen molar-refractivity contribution in [3.63, 3.8) is 0 Å². The molecule has 7 heteroatoms. The molecule has 168 valence electrons. The maximum atomic E-state index is 14.2. The van der Waals surface area contributed by atoms with Gasteiger partial charge in [-0.1, -0.05) is 78.1 Å². The maximum Gasteiger partial charge on any atom is 0.271 e. The van der Waals surface area contributed by atoms with Gasteiger partial charge >= 0.3 is 0 Å². The van der Waals surface area contributed by atoms with Gasteiger partial charge in [-0.3, -0.25) is 14.2 Å². The number of nitrogens with one attached hydrogen (secondary N) is 1. The van der Waals surface area contributed by atoms with Gasteiger partial charge in [-0.25, -0.2) is 9.38 Å². The zero-order valence-corrected chi connectivity index (χ0v) is 19.1. The number of benzene rings is 3. The molecule has 0 aliphatic carbocycles. The monoisotopic (exact) mass is 469 g/mol. The van der Waals surface area contributed by atoms with E-state index in [2.05, 4.69) is 10.3 Å². The molecule has 3 aromatic carbocycles. The molecule has 5 nitrogen and oxygen atoms in total. The van der Waals surface area contributed by atoms with Gasteiger partial charge < -0.3 is 5.32 Å². The van der Waals surface area contributed by atoms with E-state index in [0.717, 1.165) is 5.56 Å². The Hall–Kier alpha value is -4.10. The van der Waals surface area contributed by atoms with Crippen molar-refractivity contribution in [3.8, 4) is 0 Å². The van der Waals surface area contributed by atoms with Crippen molar-refractivity contribution in [1.82, 2.24) is 4.57 Å². The number of aromatic nitrogens is 1. The molecule has 34 heavy (non-hydrogen) atoms. The molecule has 0 saturated carbocycles. The molecule has 0 saturated heterocycles. The third-order valence-corrected chi connectivity index (χ3v) is 6.59. The van der Waals surface area contributed by atoms with E-state index in [4.69, 9.17) is 0 Å². The normalized spacial score (nSPS) is 15.6. The molecule has 1 unspecified atom stereocenters. The number of fused-ring (bicyclic) bond motifs is 1. The van der Waals surface area contributed by atoms with E-state index in [9.17, 15) is 14.0 Å². The van der Waals surface area contributed by atoms with E-state index in [1.54, 1.807) is 37.3 Å². The first kappa shape index (κ1) is 21.7. The van der Waals surface area contributed by atoms with Gasteiger partial charge in [0.15, 0.2) is 4.80 Å². The summed E-state index contributed by atoms with van der Waals surface area (Å²) < 4.78 is 16.1. The van der Waals surface area contributed by atoms with Crippen LogP contribution in [0.2, 0.25) is 0 Å². The summed E-state index contributed by atoms with van der Waals surface area (Å²) in [5.74, 6) is -0.739. The van der Waals surface area contributed by atoms with E-state index in [1.807, 2.05) is 48.5 Å². The molecule has 0 spiro atoms. The van der Waals surface area contributed by atoms with Crippen molar-refractivity contribution in [1.29, 1.82) is 0 Å². The Balaban J connectivity index is 1.68. The third kappa shape index (κ3) is 4.02. The van der Waals surface area contributed by atoms with E-state index in [-0.39, 0.29) is 11.5 Å². The number of halogens is 1. The molecule has 0 fully saturated rings. The number of amides is 1. The van der Waals surface area contributed by atoms with E-state index in [1.165, 1.54) is 28.0 Å². The summed E-state index contributed by atoms with van der Waals surface area (Å²) in [6.07, 6.45) is 1.53. The topological polar surface area (TPSA) is 63.5 Å². The largest absolute Gasteiger partial charge is 0.322 e. The quantitative estimate of drug-likeness (QED) is 0.491. The van der Waals surface area contributed by atoms with Gasteiger partial charge in [-0.15, -0.1) is 0 Å². The van der Waals surface area contributed by atoms with Crippen LogP contribution in [0.15, 0.2) is 106 Å². The first-order valence-electron chi connectivity index (χ1n) is 10.7. The molecule has 1 atom stereocenters. The molecule has 5 rings (SSSR count). The summed E-state index contributed by atoms with van der Waals surface area (Å²) in [4.78, 5) is 32.0. The van der Waals surface area contributed by atoms with Gasteiger partial charge in [-0.2, -0.15) is 0 Å². The first-order valence-corrected chi connectivity index (χ1v) is 11.5. The van der Waals surface area contributed by atoms with Crippen molar-refractivity contribution in [2.75, 3.05) is 5.32 Å². The number of rotatable bonds is 4. The Morgan fingerprint density at radius 2 is 1.65 bits per heavy atom. The molecule has 1 N–H and O–H groups in total. The number of nitrogens with zero attached hydrogens (tertiary/aromatic N) is 2. The van der Waals surface area contributed by atoms with Crippen molar-refractivity contribution in [2.45, 2.75) is 13.0 Å². The van der Waals surface area contributed by atoms with Crippen LogP contribution in [0, 0.1) is 5.82 Å². The molecule has 2 heterocycles. The highest BCUT2D eigenvalue weighted by Gasteiger charge is 2.32. The molecule has 1 amide bonds. The number of carbonyl (C=O) groups is 1. The minimum Gasteiger partial charge on any atom is -0.322 e. The Labute approximate surface area is 198 Å². The Morgan fingerprint density at radius 3 is 2.35 bits per heavy atom. The number of para-hydroxylation sites is 1. The fourth-order valence-electron chi connectivity index (χ4n) is 4.02. The smallest absolute Gasteiger partial charge is 0.271 e. The summed E-state index contributed by atoms with van der Waals surface area (Å²) >= 11 is 1.18. The van der Waals surface area contributed by atoms with Crippen LogP contribution in [0.5, 0.6) is 0 Å². The minimum absolute atomic E-state index is 0.321. The molecule has 1 aromatic heterocycles. The summed E-state index contributed by atoms with van der Waals surface area (Å²) in [5, 5.41) is 2.92. The fourth-order valence-corrected chi connectivity index (χ4v) is 5.05. The third-order valence-electron chi connectivity index (χ3n) is 5.61. The number of carbonyl (C=O) groups excluding carboxylic acids is 1. The molecule has 0 bridgehead atoms. The van der Waals surface area contributed by atoms with Gasteiger partial charge in [0.25, 0.3) is 11.5 Å². The van der Waals surface area contributed by atoms with Crippen LogP contribution in [0.25, 0.3) is 6.08 Å². The van der Waals surface area contributed by atoms with E-state index < -0.39 is 11.9 Å². The number of allylic oxidation sites excluding steroid dienone is 1. The van der Waals surface area contributed by atoms with Crippen LogP contribution in [0.3, 0.4) is 0 Å². The Morgan fingerprint density at radius 1 is 1.00 bits per heavy atom. The summed E-state index contributed by atoms with van der Waals surface area (Å²) in [5.41, 5.74) is 2.35. The highest BCUT2D eigenvalue weighted by Crippen LogP contribution is 2.30. The van der Waals surface area contributed by atoms with Gasteiger partial charge in [0.1, 0.15) is 5.82 Å². The van der Waals surface area contributed by atoms with Crippen LogP contribution >= 0.6 is 11.3 Å². The van der Waals surface area contributed by atoms with Gasteiger partial charge in [-0.05, 0) is 36.8 Å². The second-order valence-corrected chi connectivity index (χ2v) is 8.84. The highest BCUT2D eigenvalue weighted by atomic mass is 32.1. The van der Waals surface area contributed by atoms with Crippen molar-refractivity contribution >= 4 is 29.0 Å². The van der Waals surface area contributed by atoms with Gasteiger partial charge in [0.05, 0.1) is 21.8 Å². The lowest BCUT2D eigenvalue weighted by Gasteiger charge is -2.25. The number of hydrogen-bond acceptors (Lipinski definition) is 4.